The molecule has 0 aromatic heterocycles. The average molecular weight is 417 g/mol. The lowest BCUT2D eigenvalue weighted by Gasteiger charge is -2.47. The van der Waals surface area contributed by atoms with Gasteiger partial charge in [0.1, 0.15) is 6.79 Å². The zero-order valence-electron chi connectivity index (χ0n) is 19.9. The normalized spacial score (nSPS) is 32.3. The van der Waals surface area contributed by atoms with Gasteiger partial charge in [-0.15, -0.1) is 0 Å². The molecule has 2 aliphatic carbocycles. The van der Waals surface area contributed by atoms with Crippen LogP contribution >= 0.6 is 0 Å². The molecule has 0 unspecified atom stereocenters. The number of hydrogen-bond acceptors (Lipinski definition) is 3. The van der Waals surface area contributed by atoms with Crippen LogP contribution in [0.3, 0.4) is 0 Å². The fraction of sp³-hybridized carbons (Fsp3) is 0.778. The van der Waals surface area contributed by atoms with Crippen LogP contribution in [0.25, 0.3) is 0 Å². The molecule has 170 valence electrons. The molecule has 1 aromatic rings. The summed E-state index contributed by atoms with van der Waals surface area (Å²) in [4.78, 5) is 0. The molecule has 2 aliphatic rings. The van der Waals surface area contributed by atoms with Crippen molar-refractivity contribution in [1.29, 1.82) is 0 Å². The first-order valence-electron chi connectivity index (χ1n) is 12.2. The van der Waals surface area contributed by atoms with Crippen molar-refractivity contribution in [2.75, 3.05) is 13.9 Å². The molecule has 0 aliphatic heterocycles. The van der Waals surface area contributed by atoms with Crippen molar-refractivity contribution in [3.8, 4) is 0 Å². The van der Waals surface area contributed by atoms with Gasteiger partial charge >= 0.3 is 0 Å². The van der Waals surface area contributed by atoms with Gasteiger partial charge in [0.15, 0.2) is 0 Å². The molecule has 0 heterocycles. The van der Waals surface area contributed by atoms with E-state index in [1.54, 1.807) is 7.11 Å². The van der Waals surface area contributed by atoms with E-state index in [1.807, 2.05) is 0 Å². The molecule has 0 amide bonds. The van der Waals surface area contributed by atoms with Gasteiger partial charge in [-0.05, 0) is 48.0 Å². The zero-order chi connectivity index (χ0) is 21.6. The second kappa shape index (κ2) is 11.1. The third-order valence-electron chi connectivity index (χ3n) is 7.93. The van der Waals surface area contributed by atoms with Gasteiger partial charge in [-0.2, -0.15) is 0 Å². The van der Waals surface area contributed by atoms with Crippen LogP contribution in [0, 0.1) is 29.1 Å². The van der Waals surface area contributed by atoms with Crippen molar-refractivity contribution in [2.24, 2.45) is 29.1 Å². The predicted molar refractivity (Wildman–Crippen MR) is 123 cm³/mol. The number of ether oxygens (including phenoxy) is 3. The Hall–Kier alpha value is -0.900. The van der Waals surface area contributed by atoms with Crippen LogP contribution in [-0.2, 0) is 20.8 Å². The highest BCUT2D eigenvalue weighted by Gasteiger charge is 2.57. The zero-order valence-corrected chi connectivity index (χ0v) is 19.9. The minimum atomic E-state index is 0.244. The van der Waals surface area contributed by atoms with Crippen LogP contribution in [-0.4, -0.2) is 26.1 Å². The maximum atomic E-state index is 6.58. The molecule has 3 heteroatoms. The topological polar surface area (TPSA) is 27.7 Å². The molecule has 2 fully saturated rings. The van der Waals surface area contributed by atoms with E-state index < -0.39 is 0 Å². The molecule has 0 saturated heterocycles. The maximum absolute atomic E-state index is 6.58. The van der Waals surface area contributed by atoms with Gasteiger partial charge in [0.05, 0.1) is 18.8 Å². The number of hydrogen-bond donors (Lipinski definition) is 0. The Morgan fingerprint density at radius 3 is 2.50 bits per heavy atom. The lowest BCUT2D eigenvalue weighted by atomic mass is 9.61. The van der Waals surface area contributed by atoms with E-state index in [-0.39, 0.29) is 12.2 Å². The van der Waals surface area contributed by atoms with Crippen LogP contribution in [0.5, 0.6) is 0 Å². The molecule has 6 atom stereocenters. The molecule has 0 spiro atoms. The fourth-order valence-corrected chi connectivity index (χ4v) is 6.44. The number of fused-ring (bicyclic) bond motifs is 1. The van der Waals surface area contributed by atoms with Crippen LogP contribution in [0.1, 0.15) is 78.2 Å². The van der Waals surface area contributed by atoms with Crippen molar-refractivity contribution >= 4 is 0 Å². The third kappa shape index (κ3) is 5.66. The van der Waals surface area contributed by atoms with Gasteiger partial charge in [0.25, 0.3) is 0 Å². The summed E-state index contributed by atoms with van der Waals surface area (Å²) in [5, 5.41) is 0. The van der Waals surface area contributed by atoms with E-state index in [2.05, 4.69) is 58.0 Å². The number of benzene rings is 1. The molecule has 30 heavy (non-hydrogen) atoms. The Kier molecular flexibility index (Phi) is 8.80. The predicted octanol–water partition coefficient (Wildman–Crippen LogP) is 6.85. The van der Waals surface area contributed by atoms with E-state index in [1.165, 1.54) is 37.7 Å². The molecule has 0 radical (unpaired) electrons. The summed E-state index contributed by atoms with van der Waals surface area (Å²) in [5.41, 5.74) is 1.56. The minimum absolute atomic E-state index is 0.244. The Labute approximate surface area is 184 Å². The maximum Gasteiger partial charge on any atom is 0.146 e. The Bertz CT molecular complexity index is 616. The van der Waals surface area contributed by atoms with E-state index >= 15 is 0 Å². The van der Waals surface area contributed by atoms with Crippen molar-refractivity contribution in [1.82, 2.24) is 0 Å². The molecule has 3 rings (SSSR count). The summed E-state index contributed by atoms with van der Waals surface area (Å²) >= 11 is 0. The molecule has 2 saturated carbocycles. The fourth-order valence-electron chi connectivity index (χ4n) is 6.44. The summed E-state index contributed by atoms with van der Waals surface area (Å²) in [6, 6.07) is 10.6. The summed E-state index contributed by atoms with van der Waals surface area (Å²) in [7, 11) is 1.73. The van der Waals surface area contributed by atoms with Crippen molar-refractivity contribution in [3.63, 3.8) is 0 Å². The second-order valence-corrected chi connectivity index (χ2v) is 10.5. The summed E-state index contributed by atoms with van der Waals surface area (Å²) in [6.45, 7) is 10.8. The summed E-state index contributed by atoms with van der Waals surface area (Å²) < 4.78 is 18.2. The Balaban J connectivity index is 1.72. The minimum Gasteiger partial charge on any atom is -0.373 e. The van der Waals surface area contributed by atoms with Gasteiger partial charge in [-0.25, -0.2) is 0 Å². The largest absolute Gasteiger partial charge is 0.373 e. The van der Waals surface area contributed by atoms with Crippen LogP contribution in [0.2, 0.25) is 0 Å². The molecule has 1 aromatic carbocycles. The molecule has 3 nitrogen and oxygen atoms in total. The Morgan fingerprint density at radius 1 is 1.03 bits per heavy atom. The van der Waals surface area contributed by atoms with Crippen molar-refractivity contribution < 1.29 is 14.2 Å². The van der Waals surface area contributed by atoms with Gasteiger partial charge < -0.3 is 14.2 Å². The summed E-state index contributed by atoms with van der Waals surface area (Å²) in [6.07, 6.45) is 9.39. The standard InChI is InChI=1S/C27H44O3/c1-20(2)11-9-12-21(3)23-17-25(30-19-28-5)26-24(15-10-16-27(23,26)4)29-18-22-13-7-6-8-14-22/h6-8,13-14,20-21,23-26H,9-12,15-19H2,1-5H3/t21-,23-,24-,25+,26-,27-/m1/s1. The Morgan fingerprint density at radius 2 is 1.80 bits per heavy atom. The van der Waals surface area contributed by atoms with Gasteiger partial charge in [-0.1, -0.05) is 83.7 Å². The van der Waals surface area contributed by atoms with Crippen LogP contribution in [0.15, 0.2) is 30.3 Å². The summed E-state index contributed by atoms with van der Waals surface area (Å²) in [5.74, 6) is 2.70. The molecule has 0 N–H and O–H groups in total. The van der Waals surface area contributed by atoms with E-state index in [9.17, 15) is 0 Å². The highest BCUT2D eigenvalue weighted by atomic mass is 16.7. The second-order valence-electron chi connectivity index (χ2n) is 10.5. The molecular formula is C27H44O3. The van der Waals surface area contributed by atoms with E-state index in [4.69, 9.17) is 14.2 Å². The highest BCUT2D eigenvalue weighted by Crippen LogP contribution is 2.59. The SMILES string of the molecule is COCO[C@H]1C[C@H]([C@H](C)CCCC(C)C)[C@@]2(C)CCC[C@@H](OCc3ccccc3)[C@H]12. The smallest absolute Gasteiger partial charge is 0.146 e. The number of rotatable bonds is 11. The first-order chi connectivity index (χ1) is 14.5. The van der Waals surface area contributed by atoms with Crippen molar-refractivity contribution in [2.45, 2.75) is 91.5 Å². The first kappa shape index (κ1) is 23.8. The van der Waals surface area contributed by atoms with Crippen LogP contribution < -0.4 is 0 Å². The highest BCUT2D eigenvalue weighted by molar-refractivity contribution is 5.14. The lowest BCUT2D eigenvalue weighted by molar-refractivity contribution is -0.142. The van der Waals surface area contributed by atoms with Gasteiger partial charge in [0, 0.05) is 13.0 Å². The first-order valence-corrected chi connectivity index (χ1v) is 12.2. The lowest BCUT2D eigenvalue weighted by Crippen LogP contribution is -2.46. The number of methoxy groups -OCH3 is 1. The van der Waals surface area contributed by atoms with Crippen LogP contribution in [0.4, 0.5) is 0 Å². The monoisotopic (exact) mass is 416 g/mol. The molecular weight excluding hydrogens is 372 g/mol. The quantitative estimate of drug-likeness (QED) is 0.369. The van der Waals surface area contributed by atoms with Gasteiger partial charge in [-0.3, -0.25) is 0 Å². The van der Waals surface area contributed by atoms with Gasteiger partial charge in [0.2, 0.25) is 0 Å². The van der Waals surface area contributed by atoms with E-state index in [0.717, 1.165) is 24.7 Å². The average Bonchev–Trinajstić information content (AvgIpc) is 3.04. The van der Waals surface area contributed by atoms with Crippen molar-refractivity contribution in [3.05, 3.63) is 35.9 Å². The van der Waals surface area contributed by atoms with E-state index in [0.29, 0.717) is 30.7 Å². The third-order valence-corrected chi connectivity index (χ3v) is 7.93. The molecule has 0 bridgehead atoms.